The van der Waals surface area contributed by atoms with Crippen LogP contribution in [0.25, 0.3) is 0 Å². The van der Waals surface area contributed by atoms with Gasteiger partial charge in [0.25, 0.3) is 0 Å². The van der Waals surface area contributed by atoms with E-state index in [9.17, 15) is 4.39 Å². The molecule has 0 aromatic rings. The van der Waals surface area contributed by atoms with Gasteiger partial charge in [0.1, 0.15) is 5.67 Å². The summed E-state index contributed by atoms with van der Waals surface area (Å²) in [6.45, 7) is 4.98. The topological polar surface area (TPSA) is 20.2 Å². The van der Waals surface area contributed by atoms with Gasteiger partial charge in [-0.25, -0.2) is 4.39 Å². The number of aliphatic hydroxyl groups is 1. The number of aliphatic hydroxyl groups excluding tert-OH is 1. The van der Waals surface area contributed by atoms with E-state index in [0.29, 0.717) is 0 Å². The number of halogens is 1. The average molecular weight is 148 g/mol. The second-order valence-corrected chi connectivity index (χ2v) is 3.23. The van der Waals surface area contributed by atoms with Gasteiger partial charge in [-0.05, 0) is 20.3 Å². The summed E-state index contributed by atoms with van der Waals surface area (Å²) >= 11 is 0. The van der Waals surface area contributed by atoms with Crippen LogP contribution in [0, 0.1) is 5.92 Å². The number of rotatable bonds is 4. The Kier molecular flexibility index (Phi) is 3.87. The molecule has 0 bridgehead atoms. The highest BCUT2D eigenvalue weighted by atomic mass is 19.1. The van der Waals surface area contributed by atoms with Crippen molar-refractivity contribution in [2.45, 2.75) is 39.3 Å². The van der Waals surface area contributed by atoms with Crippen molar-refractivity contribution >= 4 is 0 Å². The molecule has 0 amide bonds. The van der Waals surface area contributed by atoms with E-state index in [1.165, 1.54) is 13.8 Å². The number of hydrogen-bond acceptors (Lipinski definition) is 1. The SMILES string of the molecule is CCCC(CO)C(C)(C)F. The molecule has 0 saturated heterocycles. The van der Waals surface area contributed by atoms with Gasteiger partial charge in [-0.2, -0.15) is 0 Å². The Morgan fingerprint density at radius 3 is 2.10 bits per heavy atom. The maximum Gasteiger partial charge on any atom is 0.110 e. The fraction of sp³-hybridized carbons (Fsp3) is 1.00. The largest absolute Gasteiger partial charge is 0.396 e. The smallest absolute Gasteiger partial charge is 0.110 e. The van der Waals surface area contributed by atoms with E-state index >= 15 is 0 Å². The predicted molar refractivity (Wildman–Crippen MR) is 40.7 cm³/mol. The molecule has 62 valence electrons. The van der Waals surface area contributed by atoms with Crippen LogP contribution in [0.4, 0.5) is 4.39 Å². The first-order valence-corrected chi connectivity index (χ1v) is 3.82. The molecular formula is C8H17FO. The third-order valence-electron chi connectivity index (χ3n) is 1.83. The molecule has 1 atom stereocenters. The predicted octanol–water partition coefficient (Wildman–Crippen LogP) is 2.14. The van der Waals surface area contributed by atoms with E-state index < -0.39 is 5.67 Å². The summed E-state index contributed by atoms with van der Waals surface area (Å²) in [5.74, 6) is -0.197. The van der Waals surface area contributed by atoms with Gasteiger partial charge in [0, 0.05) is 12.5 Å². The van der Waals surface area contributed by atoms with E-state index in [0.717, 1.165) is 12.8 Å². The summed E-state index contributed by atoms with van der Waals surface area (Å²) in [6, 6.07) is 0. The Labute approximate surface area is 62.3 Å². The molecule has 0 radical (unpaired) electrons. The summed E-state index contributed by atoms with van der Waals surface area (Å²) in [5, 5.41) is 8.75. The molecule has 0 aromatic carbocycles. The van der Waals surface area contributed by atoms with E-state index in [1.54, 1.807) is 0 Å². The van der Waals surface area contributed by atoms with Crippen molar-refractivity contribution in [2.24, 2.45) is 5.92 Å². The summed E-state index contributed by atoms with van der Waals surface area (Å²) in [4.78, 5) is 0. The molecule has 1 nitrogen and oxygen atoms in total. The van der Waals surface area contributed by atoms with Crippen molar-refractivity contribution in [2.75, 3.05) is 6.61 Å². The molecular weight excluding hydrogens is 131 g/mol. The second-order valence-electron chi connectivity index (χ2n) is 3.23. The Bertz CT molecular complexity index is 85.7. The monoisotopic (exact) mass is 148 g/mol. The van der Waals surface area contributed by atoms with Gasteiger partial charge in [0.2, 0.25) is 0 Å². The minimum atomic E-state index is -1.23. The molecule has 0 rings (SSSR count). The fourth-order valence-corrected chi connectivity index (χ4v) is 1.00. The Balaban J connectivity index is 3.81. The summed E-state index contributed by atoms with van der Waals surface area (Å²) in [5.41, 5.74) is -1.23. The summed E-state index contributed by atoms with van der Waals surface area (Å²) in [7, 11) is 0. The van der Waals surface area contributed by atoms with Crippen LogP contribution in [-0.4, -0.2) is 17.4 Å². The molecule has 10 heavy (non-hydrogen) atoms. The average Bonchev–Trinajstić information content (AvgIpc) is 1.80. The lowest BCUT2D eigenvalue weighted by Gasteiger charge is -2.24. The van der Waals surface area contributed by atoms with Gasteiger partial charge in [0.15, 0.2) is 0 Å². The zero-order valence-corrected chi connectivity index (χ0v) is 7.02. The van der Waals surface area contributed by atoms with Crippen molar-refractivity contribution in [1.29, 1.82) is 0 Å². The van der Waals surface area contributed by atoms with Crippen LogP contribution in [0.15, 0.2) is 0 Å². The van der Waals surface area contributed by atoms with Crippen LogP contribution in [0.1, 0.15) is 33.6 Å². The first kappa shape index (κ1) is 9.89. The summed E-state index contributed by atoms with van der Waals surface area (Å²) in [6.07, 6.45) is 1.69. The van der Waals surface area contributed by atoms with Crippen molar-refractivity contribution in [3.8, 4) is 0 Å². The molecule has 0 aliphatic rings. The van der Waals surface area contributed by atoms with Crippen molar-refractivity contribution < 1.29 is 9.50 Å². The van der Waals surface area contributed by atoms with Crippen LogP contribution in [-0.2, 0) is 0 Å². The summed E-state index contributed by atoms with van der Waals surface area (Å²) < 4.78 is 13.1. The molecule has 0 heterocycles. The van der Waals surface area contributed by atoms with Gasteiger partial charge in [-0.3, -0.25) is 0 Å². The Hall–Kier alpha value is -0.110. The zero-order valence-electron chi connectivity index (χ0n) is 7.02. The van der Waals surface area contributed by atoms with E-state index in [2.05, 4.69) is 0 Å². The Morgan fingerprint density at radius 2 is 2.00 bits per heavy atom. The Morgan fingerprint density at radius 1 is 1.50 bits per heavy atom. The van der Waals surface area contributed by atoms with Crippen molar-refractivity contribution in [1.82, 2.24) is 0 Å². The molecule has 1 N–H and O–H groups in total. The molecule has 1 unspecified atom stereocenters. The van der Waals surface area contributed by atoms with Crippen LogP contribution in [0.2, 0.25) is 0 Å². The van der Waals surface area contributed by atoms with Crippen LogP contribution >= 0.6 is 0 Å². The van der Waals surface area contributed by atoms with Crippen molar-refractivity contribution in [3.05, 3.63) is 0 Å². The number of hydrogen-bond donors (Lipinski definition) is 1. The first-order valence-electron chi connectivity index (χ1n) is 3.82. The minimum absolute atomic E-state index is 0.0443. The lowest BCUT2D eigenvalue weighted by Crippen LogP contribution is -2.28. The van der Waals surface area contributed by atoms with Crippen molar-refractivity contribution in [3.63, 3.8) is 0 Å². The normalized spacial score (nSPS) is 15.3. The standard InChI is InChI=1S/C8H17FO/c1-4-5-7(6-10)8(2,3)9/h7,10H,4-6H2,1-3H3. The third-order valence-corrected chi connectivity index (χ3v) is 1.83. The maximum absolute atomic E-state index is 13.1. The molecule has 2 heteroatoms. The number of alkyl halides is 1. The zero-order chi connectivity index (χ0) is 8.20. The van der Waals surface area contributed by atoms with Gasteiger partial charge >= 0.3 is 0 Å². The fourth-order valence-electron chi connectivity index (χ4n) is 1.00. The highest BCUT2D eigenvalue weighted by Gasteiger charge is 2.27. The highest BCUT2D eigenvalue weighted by molar-refractivity contribution is 4.76. The quantitative estimate of drug-likeness (QED) is 0.647. The molecule has 0 aliphatic heterocycles. The molecule has 0 spiro atoms. The minimum Gasteiger partial charge on any atom is -0.396 e. The molecule has 0 aliphatic carbocycles. The first-order chi connectivity index (χ1) is 4.52. The highest BCUT2D eigenvalue weighted by Crippen LogP contribution is 2.24. The van der Waals surface area contributed by atoms with Crippen LogP contribution < -0.4 is 0 Å². The molecule has 0 fully saturated rings. The van der Waals surface area contributed by atoms with Gasteiger partial charge in [-0.1, -0.05) is 13.3 Å². The van der Waals surface area contributed by atoms with E-state index in [4.69, 9.17) is 5.11 Å². The lowest BCUT2D eigenvalue weighted by molar-refractivity contribution is 0.0658. The molecule has 0 aromatic heterocycles. The van der Waals surface area contributed by atoms with E-state index in [-0.39, 0.29) is 12.5 Å². The van der Waals surface area contributed by atoms with Gasteiger partial charge in [0.05, 0.1) is 0 Å². The second kappa shape index (κ2) is 3.91. The van der Waals surface area contributed by atoms with Gasteiger partial charge in [-0.15, -0.1) is 0 Å². The van der Waals surface area contributed by atoms with Crippen LogP contribution in [0.5, 0.6) is 0 Å². The van der Waals surface area contributed by atoms with Crippen LogP contribution in [0.3, 0.4) is 0 Å². The molecule has 0 saturated carbocycles. The van der Waals surface area contributed by atoms with E-state index in [1.807, 2.05) is 6.92 Å². The lowest BCUT2D eigenvalue weighted by atomic mass is 9.90. The third kappa shape index (κ3) is 3.16. The maximum atomic E-state index is 13.1. The van der Waals surface area contributed by atoms with Gasteiger partial charge < -0.3 is 5.11 Å².